The van der Waals surface area contributed by atoms with Crippen LogP contribution in [0.4, 0.5) is 5.69 Å². The van der Waals surface area contributed by atoms with Crippen molar-refractivity contribution in [1.82, 2.24) is 5.43 Å². The third kappa shape index (κ3) is 3.23. The Morgan fingerprint density at radius 1 is 0.941 bits per heavy atom. The van der Waals surface area contributed by atoms with Crippen molar-refractivity contribution in [3.63, 3.8) is 0 Å². The molecule has 0 saturated heterocycles. The van der Waals surface area contributed by atoms with E-state index in [9.17, 15) is 0 Å². The largest absolute Gasteiger partial charge is 0.496 e. The van der Waals surface area contributed by atoms with Gasteiger partial charge in [0.05, 0.1) is 7.11 Å². The molecule has 17 heavy (non-hydrogen) atoms. The van der Waals surface area contributed by atoms with Gasteiger partial charge in [-0.3, -0.25) is 0 Å². The van der Waals surface area contributed by atoms with Crippen LogP contribution in [-0.2, 0) is 6.54 Å². The summed E-state index contributed by atoms with van der Waals surface area (Å²) in [5.74, 6) is 0.898. The van der Waals surface area contributed by atoms with E-state index in [-0.39, 0.29) is 0 Å². The number of rotatable bonds is 5. The van der Waals surface area contributed by atoms with Crippen LogP contribution in [0, 0.1) is 0 Å². The molecular weight excluding hydrogens is 212 g/mol. The van der Waals surface area contributed by atoms with Gasteiger partial charge in [0.2, 0.25) is 0 Å². The predicted octanol–water partition coefficient (Wildman–Crippen LogP) is 2.81. The number of para-hydroxylation sites is 2. The van der Waals surface area contributed by atoms with E-state index < -0.39 is 0 Å². The number of anilines is 1. The average Bonchev–Trinajstić information content (AvgIpc) is 2.40. The molecule has 0 amide bonds. The number of benzene rings is 2. The molecule has 2 N–H and O–H groups in total. The van der Waals surface area contributed by atoms with Gasteiger partial charge in [-0.2, -0.15) is 0 Å². The first-order valence-corrected chi connectivity index (χ1v) is 5.56. The molecule has 0 radical (unpaired) electrons. The zero-order valence-electron chi connectivity index (χ0n) is 9.81. The maximum atomic E-state index is 5.28. The quantitative estimate of drug-likeness (QED) is 0.772. The second-order valence-corrected chi connectivity index (χ2v) is 3.66. The highest BCUT2D eigenvalue weighted by Crippen LogP contribution is 2.16. The van der Waals surface area contributed by atoms with Crippen molar-refractivity contribution in [2.45, 2.75) is 6.54 Å². The van der Waals surface area contributed by atoms with E-state index in [1.54, 1.807) is 7.11 Å². The lowest BCUT2D eigenvalue weighted by Gasteiger charge is -2.11. The van der Waals surface area contributed by atoms with E-state index in [2.05, 4.69) is 10.9 Å². The van der Waals surface area contributed by atoms with Crippen LogP contribution < -0.4 is 15.6 Å². The fourth-order valence-electron chi connectivity index (χ4n) is 1.61. The second-order valence-electron chi connectivity index (χ2n) is 3.66. The standard InChI is InChI=1S/C14H16N2O/c1-17-14-10-6-5-7-12(14)11-15-16-13-8-3-2-4-9-13/h2-10,15-16H,11H2,1H3. The topological polar surface area (TPSA) is 33.3 Å². The third-order valence-corrected chi connectivity index (χ3v) is 2.48. The molecule has 0 unspecified atom stereocenters. The molecule has 2 rings (SSSR count). The first kappa shape index (κ1) is 11.5. The Kier molecular flexibility index (Phi) is 4.00. The molecule has 0 aliphatic heterocycles. The Labute approximate surface area is 101 Å². The Bertz CT molecular complexity index is 457. The first-order chi connectivity index (χ1) is 8.40. The van der Waals surface area contributed by atoms with Crippen molar-refractivity contribution in [2.75, 3.05) is 12.5 Å². The zero-order chi connectivity index (χ0) is 11.9. The van der Waals surface area contributed by atoms with Gasteiger partial charge in [-0.1, -0.05) is 36.4 Å². The lowest BCUT2D eigenvalue weighted by atomic mass is 10.2. The maximum Gasteiger partial charge on any atom is 0.123 e. The molecular formula is C14H16N2O. The van der Waals surface area contributed by atoms with E-state index in [4.69, 9.17) is 4.74 Å². The van der Waals surface area contributed by atoms with E-state index in [1.165, 1.54) is 0 Å². The van der Waals surface area contributed by atoms with Crippen LogP contribution in [0.25, 0.3) is 0 Å². The predicted molar refractivity (Wildman–Crippen MR) is 69.9 cm³/mol. The number of methoxy groups -OCH3 is 1. The van der Waals surface area contributed by atoms with Gasteiger partial charge in [-0.25, -0.2) is 5.43 Å². The van der Waals surface area contributed by atoms with Gasteiger partial charge in [0.1, 0.15) is 5.75 Å². The van der Waals surface area contributed by atoms with E-state index in [0.29, 0.717) is 6.54 Å². The fourth-order valence-corrected chi connectivity index (χ4v) is 1.61. The van der Waals surface area contributed by atoms with Crippen molar-refractivity contribution in [1.29, 1.82) is 0 Å². The summed E-state index contributed by atoms with van der Waals surface area (Å²) in [6, 6.07) is 18.0. The van der Waals surface area contributed by atoms with Crippen LogP contribution in [0.3, 0.4) is 0 Å². The van der Waals surface area contributed by atoms with Crippen molar-refractivity contribution in [3.8, 4) is 5.75 Å². The summed E-state index contributed by atoms with van der Waals surface area (Å²) in [6.07, 6.45) is 0. The summed E-state index contributed by atoms with van der Waals surface area (Å²) in [6.45, 7) is 0.707. The van der Waals surface area contributed by atoms with Crippen LogP contribution in [0.2, 0.25) is 0 Å². The minimum Gasteiger partial charge on any atom is -0.496 e. The van der Waals surface area contributed by atoms with Crippen molar-refractivity contribution in [3.05, 3.63) is 60.2 Å². The van der Waals surface area contributed by atoms with Crippen LogP contribution in [0.15, 0.2) is 54.6 Å². The lowest BCUT2D eigenvalue weighted by molar-refractivity contribution is 0.408. The molecule has 0 saturated carbocycles. The summed E-state index contributed by atoms with van der Waals surface area (Å²) < 4.78 is 5.28. The molecule has 88 valence electrons. The number of hydrogen-bond donors (Lipinski definition) is 2. The summed E-state index contributed by atoms with van der Waals surface area (Å²) in [7, 11) is 1.68. The highest BCUT2D eigenvalue weighted by Gasteiger charge is 1.99. The van der Waals surface area contributed by atoms with Gasteiger partial charge in [-0.05, 0) is 18.2 Å². The number of hydrazine groups is 1. The molecule has 3 heteroatoms. The van der Waals surface area contributed by atoms with Gasteiger partial charge in [0.25, 0.3) is 0 Å². The van der Waals surface area contributed by atoms with Gasteiger partial charge >= 0.3 is 0 Å². The first-order valence-electron chi connectivity index (χ1n) is 5.56. The summed E-state index contributed by atoms with van der Waals surface area (Å²) in [5.41, 5.74) is 8.47. The van der Waals surface area contributed by atoms with E-state index in [0.717, 1.165) is 17.0 Å². The molecule has 2 aromatic rings. The minimum absolute atomic E-state index is 0.707. The number of hydrogen-bond acceptors (Lipinski definition) is 3. The molecule has 0 fully saturated rings. The fraction of sp³-hybridized carbons (Fsp3) is 0.143. The summed E-state index contributed by atoms with van der Waals surface area (Å²) in [4.78, 5) is 0. The van der Waals surface area contributed by atoms with E-state index >= 15 is 0 Å². The number of nitrogens with one attached hydrogen (secondary N) is 2. The second kappa shape index (κ2) is 5.92. The Morgan fingerprint density at radius 2 is 1.65 bits per heavy atom. The molecule has 0 spiro atoms. The SMILES string of the molecule is COc1ccccc1CNNc1ccccc1. The van der Waals surface area contributed by atoms with Gasteiger partial charge in [0, 0.05) is 17.8 Å². The Balaban J connectivity index is 1.90. The highest BCUT2D eigenvalue weighted by atomic mass is 16.5. The van der Waals surface area contributed by atoms with Crippen molar-refractivity contribution < 1.29 is 4.74 Å². The smallest absolute Gasteiger partial charge is 0.123 e. The van der Waals surface area contributed by atoms with Gasteiger partial charge in [0.15, 0.2) is 0 Å². The van der Waals surface area contributed by atoms with Crippen molar-refractivity contribution >= 4 is 5.69 Å². The average molecular weight is 228 g/mol. The minimum atomic E-state index is 0.707. The molecule has 3 nitrogen and oxygen atoms in total. The molecule has 0 aliphatic carbocycles. The van der Waals surface area contributed by atoms with Crippen LogP contribution in [0.5, 0.6) is 5.75 Å². The summed E-state index contributed by atoms with van der Waals surface area (Å²) >= 11 is 0. The van der Waals surface area contributed by atoms with Gasteiger partial charge < -0.3 is 10.2 Å². The van der Waals surface area contributed by atoms with E-state index in [1.807, 2.05) is 54.6 Å². The maximum absolute atomic E-state index is 5.28. The van der Waals surface area contributed by atoms with Crippen LogP contribution in [0.1, 0.15) is 5.56 Å². The van der Waals surface area contributed by atoms with Crippen LogP contribution in [-0.4, -0.2) is 7.11 Å². The third-order valence-electron chi connectivity index (χ3n) is 2.48. The Morgan fingerprint density at radius 3 is 2.41 bits per heavy atom. The molecule has 0 atom stereocenters. The normalized spacial score (nSPS) is 9.94. The molecule has 0 bridgehead atoms. The number of ether oxygens (including phenoxy) is 1. The molecule has 0 aromatic heterocycles. The lowest BCUT2D eigenvalue weighted by Crippen LogP contribution is -2.21. The highest BCUT2D eigenvalue weighted by molar-refractivity contribution is 5.41. The Hall–Kier alpha value is -2.00. The molecule has 0 heterocycles. The van der Waals surface area contributed by atoms with Gasteiger partial charge in [-0.15, -0.1) is 0 Å². The monoisotopic (exact) mass is 228 g/mol. The molecule has 0 aliphatic rings. The zero-order valence-corrected chi connectivity index (χ0v) is 9.81. The molecule has 2 aromatic carbocycles. The van der Waals surface area contributed by atoms with Crippen molar-refractivity contribution in [2.24, 2.45) is 0 Å². The summed E-state index contributed by atoms with van der Waals surface area (Å²) in [5, 5.41) is 0. The van der Waals surface area contributed by atoms with Crippen LogP contribution >= 0.6 is 0 Å².